The SMILES string of the molecule is CCCOc1ncc(-c2nc(-c3ccc(O)c(I)c3)no2)cc1Cl. The molecule has 0 bridgehead atoms. The Kier molecular flexibility index (Phi) is 5.20. The first-order valence-corrected chi connectivity index (χ1v) is 8.65. The molecule has 3 aromatic rings. The van der Waals surface area contributed by atoms with E-state index in [1.165, 1.54) is 0 Å². The van der Waals surface area contributed by atoms with Gasteiger partial charge in [-0.05, 0) is 53.3 Å². The van der Waals surface area contributed by atoms with Gasteiger partial charge in [0.1, 0.15) is 10.8 Å². The highest BCUT2D eigenvalue weighted by molar-refractivity contribution is 14.1. The van der Waals surface area contributed by atoms with E-state index in [-0.39, 0.29) is 5.75 Å². The Labute approximate surface area is 157 Å². The summed E-state index contributed by atoms with van der Waals surface area (Å²) in [6, 6.07) is 6.76. The third-order valence-electron chi connectivity index (χ3n) is 3.13. The van der Waals surface area contributed by atoms with Gasteiger partial charge in [0.25, 0.3) is 5.89 Å². The molecule has 124 valence electrons. The molecule has 0 unspecified atom stereocenters. The van der Waals surface area contributed by atoms with E-state index < -0.39 is 0 Å². The second-order valence-electron chi connectivity index (χ2n) is 4.95. The normalized spacial score (nSPS) is 10.8. The Bertz CT molecular complexity index is 870. The molecule has 0 spiro atoms. The first kappa shape index (κ1) is 17.0. The molecule has 3 rings (SSSR count). The smallest absolute Gasteiger partial charge is 0.259 e. The lowest BCUT2D eigenvalue weighted by atomic mass is 10.2. The van der Waals surface area contributed by atoms with Crippen LogP contribution in [-0.4, -0.2) is 26.8 Å². The third kappa shape index (κ3) is 3.62. The maximum absolute atomic E-state index is 9.59. The van der Waals surface area contributed by atoms with Crippen molar-refractivity contribution in [1.82, 2.24) is 15.1 Å². The quantitative estimate of drug-likeness (QED) is 0.566. The second kappa shape index (κ2) is 7.35. The lowest BCUT2D eigenvalue weighted by Gasteiger charge is -2.05. The van der Waals surface area contributed by atoms with Crippen molar-refractivity contribution in [2.45, 2.75) is 13.3 Å². The van der Waals surface area contributed by atoms with Gasteiger partial charge in [0, 0.05) is 11.8 Å². The van der Waals surface area contributed by atoms with Crippen molar-refractivity contribution in [3.63, 3.8) is 0 Å². The number of benzene rings is 1. The van der Waals surface area contributed by atoms with Gasteiger partial charge in [-0.15, -0.1) is 0 Å². The maximum atomic E-state index is 9.59. The fourth-order valence-corrected chi connectivity index (χ4v) is 2.69. The first-order valence-electron chi connectivity index (χ1n) is 7.19. The van der Waals surface area contributed by atoms with E-state index in [9.17, 15) is 5.11 Å². The molecule has 0 amide bonds. The summed E-state index contributed by atoms with van der Waals surface area (Å²) >= 11 is 8.21. The van der Waals surface area contributed by atoms with E-state index in [1.807, 2.05) is 29.5 Å². The number of aromatic hydroxyl groups is 1. The van der Waals surface area contributed by atoms with E-state index in [0.29, 0.717) is 38.4 Å². The first-order chi connectivity index (χ1) is 11.6. The van der Waals surface area contributed by atoms with Gasteiger partial charge in [-0.3, -0.25) is 0 Å². The molecule has 0 atom stereocenters. The summed E-state index contributed by atoms with van der Waals surface area (Å²) in [4.78, 5) is 8.54. The van der Waals surface area contributed by atoms with Crippen molar-refractivity contribution >= 4 is 34.2 Å². The van der Waals surface area contributed by atoms with Gasteiger partial charge in [-0.2, -0.15) is 4.98 Å². The van der Waals surface area contributed by atoms with Gasteiger partial charge in [-0.1, -0.05) is 23.7 Å². The summed E-state index contributed by atoms with van der Waals surface area (Å²) in [5, 5.41) is 13.9. The van der Waals surface area contributed by atoms with E-state index >= 15 is 0 Å². The Morgan fingerprint density at radius 1 is 1.29 bits per heavy atom. The summed E-state index contributed by atoms with van der Waals surface area (Å²) in [5.74, 6) is 1.33. The van der Waals surface area contributed by atoms with Crippen LogP contribution in [0.5, 0.6) is 11.6 Å². The lowest BCUT2D eigenvalue weighted by Crippen LogP contribution is -1.98. The van der Waals surface area contributed by atoms with Crippen molar-refractivity contribution < 1.29 is 14.4 Å². The van der Waals surface area contributed by atoms with Gasteiger partial charge in [-0.25, -0.2) is 4.98 Å². The van der Waals surface area contributed by atoms with Crippen molar-refractivity contribution in [1.29, 1.82) is 0 Å². The summed E-state index contributed by atoms with van der Waals surface area (Å²) in [6.07, 6.45) is 2.45. The topological polar surface area (TPSA) is 81.3 Å². The van der Waals surface area contributed by atoms with Crippen LogP contribution in [0.1, 0.15) is 13.3 Å². The number of ether oxygens (including phenoxy) is 1. The molecule has 24 heavy (non-hydrogen) atoms. The number of phenolic OH excluding ortho intramolecular Hbond substituents is 1. The van der Waals surface area contributed by atoms with E-state index in [4.69, 9.17) is 20.9 Å². The lowest BCUT2D eigenvalue weighted by molar-refractivity contribution is 0.305. The van der Waals surface area contributed by atoms with Gasteiger partial charge < -0.3 is 14.4 Å². The van der Waals surface area contributed by atoms with Crippen molar-refractivity contribution in [3.05, 3.63) is 39.1 Å². The molecule has 8 heteroatoms. The standard InChI is InChI=1S/C16H13ClIN3O3/c1-2-5-23-16-11(17)6-10(8-19-16)15-20-14(21-24-15)9-3-4-13(22)12(18)7-9/h3-4,6-8,22H,2,5H2,1H3. The second-order valence-corrected chi connectivity index (χ2v) is 6.52. The number of hydrogen-bond acceptors (Lipinski definition) is 6. The molecule has 0 fully saturated rings. The zero-order valence-electron chi connectivity index (χ0n) is 12.7. The fraction of sp³-hybridized carbons (Fsp3) is 0.188. The Balaban J connectivity index is 1.87. The van der Waals surface area contributed by atoms with Crippen LogP contribution in [0, 0.1) is 3.57 Å². The fourth-order valence-electron chi connectivity index (χ4n) is 1.95. The van der Waals surface area contributed by atoms with Gasteiger partial charge in [0.15, 0.2) is 0 Å². The van der Waals surface area contributed by atoms with E-state index in [0.717, 1.165) is 12.0 Å². The van der Waals surface area contributed by atoms with Crippen LogP contribution in [-0.2, 0) is 0 Å². The summed E-state index contributed by atoms with van der Waals surface area (Å²) in [5.41, 5.74) is 1.35. The zero-order chi connectivity index (χ0) is 17.1. The Morgan fingerprint density at radius 3 is 2.83 bits per heavy atom. The number of phenols is 1. The van der Waals surface area contributed by atoms with Crippen LogP contribution in [0.2, 0.25) is 5.02 Å². The molecule has 0 aliphatic heterocycles. The number of hydrogen-bond donors (Lipinski definition) is 1. The Morgan fingerprint density at radius 2 is 2.12 bits per heavy atom. The molecular weight excluding hydrogens is 445 g/mol. The average Bonchev–Trinajstić information content (AvgIpc) is 3.06. The predicted molar refractivity (Wildman–Crippen MR) is 98.1 cm³/mol. The summed E-state index contributed by atoms with van der Waals surface area (Å²) < 4.78 is 11.4. The van der Waals surface area contributed by atoms with Gasteiger partial charge >= 0.3 is 0 Å². The molecule has 0 saturated carbocycles. The molecule has 0 aliphatic carbocycles. The van der Waals surface area contributed by atoms with Gasteiger partial charge in [0.2, 0.25) is 11.7 Å². The summed E-state index contributed by atoms with van der Waals surface area (Å²) in [6.45, 7) is 2.56. The van der Waals surface area contributed by atoms with E-state index in [1.54, 1.807) is 30.5 Å². The van der Waals surface area contributed by atoms with Crippen molar-refractivity contribution in [2.75, 3.05) is 6.61 Å². The number of halogens is 2. The van der Waals surface area contributed by atoms with Crippen LogP contribution in [0.15, 0.2) is 35.0 Å². The molecule has 1 aromatic carbocycles. The average molecular weight is 458 g/mol. The van der Waals surface area contributed by atoms with Crippen LogP contribution >= 0.6 is 34.2 Å². The molecule has 0 radical (unpaired) electrons. The predicted octanol–water partition coefficient (Wildman–Crippen LogP) is 4.55. The molecule has 2 aromatic heterocycles. The highest BCUT2D eigenvalue weighted by Gasteiger charge is 2.14. The molecule has 0 saturated heterocycles. The summed E-state index contributed by atoms with van der Waals surface area (Å²) in [7, 11) is 0. The molecule has 1 N–H and O–H groups in total. The third-order valence-corrected chi connectivity index (χ3v) is 4.26. The molecular formula is C16H13ClIN3O3. The minimum absolute atomic E-state index is 0.210. The maximum Gasteiger partial charge on any atom is 0.259 e. The van der Waals surface area contributed by atoms with Crippen molar-refractivity contribution in [2.24, 2.45) is 0 Å². The number of pyridine rings is 1. The van der Waals surface area contributed by atoms with Crippen molar-refractivity contribution in [3.8, 4) is 34.5 Å². The molecule has 6 nitrogen and oxygen atoms in total. The minimum atomic E-state index is 0.210. The number of nitrogens with zero attached hydrogens (tertiary/aromatic N) is 3. The number of aromatic nitrogens is 3. The highest BCUT2D eigenvalue weighted by atomic mass is 127. The zero-order valence-corrected chi connectivity index (χ0v) is 15.6. The molecule has 2 heterocycles. The Hall–Kier alpha value is -1.87. The monoisotopic (exact) mass is 457 g/mol. The van der Waals surface area contributed by atoms with Crippen LogP contribution in [0.3, 0.4) is 0 Å². The van der Waals surface area contributed by atoms with E-state index in [2.05, 4.69) is 15.1 Å². The molecule has 0 aliphatic rings. The van der Waals surface area contributed by atoms with Crippen LogP contribution in [0.25, 0.3) is 22.8 Å². The highest BCUT2D eigenvalue weighted by Crippen LogP contribution is 2.30. The number of rotatable bonds is 5. The van der Waals surface area contributed by atoms with Crippen LogP contribution in [0.4, 0.5) is 0 Å². The minimum Gasteiger partial charge on any atom is -0.507 e. The van der Waals surface area contributed by atoms with Gasteiger partial charge in [0.05, 0.1) is 15.7 Å². The largest absolute Gasteiger partial charge is 0.507 e. The van der Waals surface area contributed by atoms with Crippen LogP contribution < -0.4 is 4.74 Å².